The van der Waals surface area contributed by atoms with Crippen LogP contribution in [0, 0.1) is 0 Å². The SMILES string of the molecule is COc1ccc(-c2noc(CSc3nnc(C(F)(F)F)n3N)n2)cc1. The number of halogens is 3. The quantitative estimate of drug-likeness (QED) is 0.538. The number of aromatic nitrogens is 5. The predicted octanol–water partition coefficient (Wildman–Crippen LogP) is 2.36. The van der Waals surface area contributed by atoms with E-state index in [0.717, 1.165) is 11.8 Å². The summed E-state index contributed by atoms with van der Waals surface area (Å²) < 4.78 is 48.3. The first-order chi connectivity index (χ1) is 11.9. The number of ether oxygens (including phenoxy) is 1. The highest BCUT2D eigenvalue weighted by molar-refractivity contribution is 7.98. The Hall–Kier alpha value is -2.76. The summed E-state index contributed by atoms with van der Waals surface area (Å²) in [4.78, 5) is 4.18. The summed E-state index contributed by atoms with van der Waals surface area (Å²) in [7, 11) is 1.55. The van der Waals surface area contributed by atoms with Gasteiger partial charge in [-0.25, -0.2) is 4.68 Å². The zero-order valence-corrected chi connectivity index (χ0v) is 13.5. The maximum absolute atomic E-state index is 12.6. The highest BCUT2D eigenvalue weighted by atomic mass is 32.2. The second-order valence-corrected chi connectivity index (χ2v) is 5.65. The Morgan fingerprint density at radius 3 is 2.56 bits per heavy atom. The van der Waals surface area contributed by atoms with Crippen LogP contribution in [0.2, 0.25) is 0 Å². The topological polar surface area (TPSA) is 105 Å². The summed E-state index contributed by atoms with van der Waals surface area (Å²) in [5.74, 6) is 5.42. The standard InChI is InChI=1S/C13H11F3N6O2S/c1-23-8-4-2-7(3-5-8)10-18-9(24-21-10)6-25-12-20-19-11(22(12)17)13(14,15)16/h2-5H,6,17H2,1H3. The van der Waals surface area contributed by atoms with E-state index in [1.165, 1.54) is 0 Å². The molecule has 0 aliphatic rings. The number of methoxy groups -OCH3 is 1. The minimum atomic E-state index is -4.67. The molecule has 25 heavy (non-hydrogen) atoms. The first kappa shape index (κ1) is 17.1. The van der Waals surface area contributed by atoms with Gasteiger partial charge in [-0.15, -0.1) is 10.2 Å². The van der Waals surface area contributed by atoms with Crippen LogP contribution < -0.4 is 10.6 Å². The predicted molar refractivity (Wildman–Crippen MR) is 81.0 cm³/mol. The zero-order valence-electron chi connectivity index (χ0n) is 12.7. The normalized spacial score (nSPS) is 11.7. The highest BCUT2D eigenvalue weighted by Crippen LogP contribution is 2.30. The van der Waals surface area contributed by atoms with Crippen LogP contribution in [0.1, 0.15) is 11.7 Å². The fraction of sp³-hybridized carbons (Fsp3) is 0.231. The van der Waals surface area contributed by atoms with Gasteiger partial charge in [-0.05, 0) is 24.3 Å². The molecule has 0 atom stereocenters. The molecule has 8 nitrogen and oxygen atoms in total. The molecule has 0 aliphatic carbocycles. The first-order valence-corrected chi connectivity index (χ1v) is 7.74. The summed E-state index contributed by atoms with van der Waals surface area (Å²) in [6, 6.07) is 7.00. The van der Waals surface area contributed by atoms with Crippen LogP contribution in [0.15, 0.2) is 33.9 Å². The van der Waals surface area contributed by atoms with E-state index in [1.54, 1.807) is 31.4 Å². The highest BCUT2D eigenvalue weighted by Gasteiger charge is 2.38. The lowest BCUT2D eigenvalue weighted by atomic mass is 10.2. The summed E-state index contributed by atoms with van der Waals surface area (Å²) in [5, 5.41) is 10.2. The molecular weight excluding hydrogens is 361 g/mol. The molecule has 0 radical (unpaired) electrons. The largest absolute Gasteiger partial charge is 0.497 e. The number of nitrogens with two attached hydrogens (primary N) is 1. The lowest BCUT2D eigenvalue weighted by molar-refractivity contribution is -0.146. The van der Waals surface area contributed by atoms with Crippen molar-refractivity contribution in [2.75, 3.05) is 13.0 Å². The van der Waals surface area contributed by atoms with Gasteiger partial charge in [0.05, 0.1) is 12.9 Å². The molecular formula is C13H11F3N6O2S. The number of benzene rings is 1. The average molecular weight is 372 g/mol. The maximum atomic E-state index is 12.6. The van der Waals surface area contributed by atoms with Gasteiger partial charge in [-0.3, -0.25) is 0 Å². The molecule has 0 amide bonds. The Labute approximate surface area is 143 Å². The van der Waals surface area contributed by atoms with E-state index in [-0.39, 0.29) is 16.8 Å². The van der Waals surface area contributed by atoms with Crippen LogP contribution in [-0.4, -0.2) is 32.1 Å². The molecule has 3 aromatic rings. The van der Waals surface area contributed by atoms with Gasteiger partial charge in [-0.2, -0.15) is 18.2 Å². The van der Waals surface area contributed by atoms with Gasteiger partial charge in [0.1, 0.15) is 5.75 Å². The Balaban J connectivity index is 1.69. The number of rotatable bonds is 5. The fourth-order valence-corrected chi connectivity index (χ4v) is 2.56. The van der Waals surface area contributed by atoms with Crippen molar-refractivity contribution in [1.29, 1.82) is 0 Å². The molecule has 12 heteroatoms. The van der Waals surface area contributed by atoms with Gasteiger partial charge in [0, 0.05) is 5.56 Å². The number of alkyl halides is 3. The third-order valence-electron chi connectivity index (χ3n) is 3.06. The Kier molecular flexibility index (Phi) is 4.53. The van der Waals surface area contributed by atoms with Crippen molar-refractivity contribution in [2.24, 2.45) is 0 Å². The van der Waals surface area contributed by atoms with Crippen molar-refractivity contribution in [3.63, 3.8) is 0 Å². The third kappa shape index (κ3) is 3.68. The van der Waals surface area contributed by atoms with Crippen molar-refractivity contribution in [3.8, 4) is 17.1 Å². The number of hydrogen-bond donors (Lipinski definition) is 1. The van der Waals surface area contributed by atoms with E-state index in [1.807, 2.05) is 0 Å². The molecule has 0 spiro atoms. The van der Waals surface area contributed by atoms with Gasteiger partial charge >= 0.3 is 6.18 Å². The summed E-state index contributed by atoms with van der Waals surface area (Å²) in [6.45, 7) is 0. The Morgan fingerprint density at radius 2 is 1.96 bits per heavy atom. The Morgan fingerprint density at radius 1 is 1.24 bits per heavy atom. The smallest absolute Gasteiger partial charge is 0.453 e. The second kappa shape index (κ2) is 6.63. The molecule has 2 N–H and O–H groups in total. The molecule has 2 heterocycles. The number of nitrogens with zero attached hydrogens (tertiary/aromatic N) is 5. The monoisotopic (exact) mass is 372 g/mol. The number of thioether (sulfide) groups is 1. The molecule has 0 unspecified atom stereocenters. The van der Waals surface area contributed by atoms with Gasteiger partial charge < -0.3 is 15.1 Å². The van der Waals surface area contributed by atoms with Gasteiger partial charge in [-0.1, -0.05) is 16.9 Å². The van der Waals surface area contributed by atoms with Crippen molar-refractivity contribution in [1.82, 2.24) is 25.0 Å². The van der Waals surface area contributed by atoms with Crippen LogP contribution in [0.25, 0.3) is 11.4 Å². The van der Waals surface area contributed by atoms with E-state index in [2.05, 4.69) is 20.3 Å². The van der Waals surface area contributed by atoms with Gasteiger partial charge in [0.2, 0.25) is 16.9 Å². The van der Waals surface area contributed by atoms with E-state index < -0.39 is 12.0 Å². The molecule has 0 aliphatic heterocycles. The van der Waals surface area contributed by atoms with Crippen molar-refractivity contribution in [3.05, 3.63) is 36.0 Å². The van der Waals surface area contributed by atoms with Gasteiger partial charge in [0.25, 0.3) is 5.82 Å². The van der Waals surface area contributed by atoms with E-state index in [4.69, 9.17) is 15.1 Å². The van der Waals surface area contributed by atoms with E-state index in [0.29, 0.717) is 21.8 Å². The summed E-state index contributed by atoms with van der Waals surface area (Å²) >= 11 is 0.900. The van der Waals surface area contributed by atoms with Crippen molar-refractivity contribution >= 4 is 11.8 Å². The maximum Gasteiger partial charge on any atom is 0.453 e. The van der Waals surface area contributed by atoms with Crippen LogP contribution in [-0.2, 0) is 11.9 Å². The van der Waals surface area contributed by atoms with Crippen LogP contribution >= 0.6 is 11.8 Å². The molecule has 0 saturated heterocycles. The van der Waals surface area contributed by atoms with Gasteiger partial charge in [0.15, 0.2) is 0 Å². The molecule has 3 rings (SSSR count). The third-order valence-corrected chi connectivity index (χ3v) is 3.99. The first-order valence-electron chi connectivity index (χ1n) is 6.76. The molecule has 1 aromatic carbocycles. The number of hydrogen-bond acceptors (Lipinski definition) is 8. The second-order valence-electron chi connectivity index (χ2n) is 4.70. The minimum Gasteiger partial charge on any atom is -0.497 e. The number of nitrogen functional groups attached to an aromatic ring is 1. The fourth-order valence-electron chi connectivity index (χ4n) is 1.87. The summed E-state index contributed by atoms with van der Waals surface area (Å²) in [6.07, 6.45) is -4.67. The molecule has 2 aromatic heterocycles. The molecule has 132 valence electrons. The minimum absolute atomic E-state index is 0.0936. The lowest BCUT2D eigenvalue weighted by Crippen LogP contribution is -2.21. The van der Waals surface area contributed by atoms with E-state index >= 15 is 0 Å². The van der Waals surface area contributed by atoms with Crippen molar-refractivity contribution in [2.45, 2.75) is 17.1 Å². The molecule has 0 bridgehead atoms. The van der Waals surface area contributed by atoms with Crippen LogP contribution in [0.3, 0.4) is 0 Å². The van der Waals surface area contributed by atoms with Crippen molar-refractivity contribution < 1.29 is 22.4 Å². The van der Waals surface area contributed by atoms with Crippen LogP contribution in [0.5, 0.6) is 5.75 Å². The summed E-state index contributed by atoms with van der Waals surface area (Å²) in [5.41, 5.74) is 0.710. The Bertz CT molecular complexity index is 862. The van der Waals surface area contributed by atoms with E-state index in [9.17, 15) is 13.2 Å². The molecule has 0 saturated carbocycles. The molecule has 0 fully saturated rings. The zero-order chi connectivity index (χ0) is 18.0. The lowest BCUT2D eigenvalue weighted by Gasteiger charge is -2.05. The van der Waals surface area contributed by atoms with Crippen LogP contribution in [0.4, 0.5) is 13.2 Å². The average Bonchev–Trinajstić information content (AvgIpc) is 3.19.